The van der Waals surface area contributed by atoms with Crippen LogP contribution < -0.4 is 15.5 Å². The molecule has 2 aromatic carbocycles. The minimum atomic E-state index is -0.346. The third-order valence-electron chi connectivity index (χ3n) is 3.89. The second kappa shape index (κ2) is 6.93. The van der Waals surface area contributed by atoms with Crippen molar-refractivity contribution in [1.82, 2.24) is 5.32 Å². The number of nitrogens with zero attached hydrogens (tertiary/aromatic N) is 1. The van der Waals surface area contributed by atoms with E-state index in [0.29, 0.717) is 17.3 Å². The highest BCUT2D eigenvalue weighted by Gasteiger charge is 2.31. The SMILES string of the molecule is Cc1ccc(N2C[C@H](NC(=O)Nc3cccc(Cl)c3)CC2=O)cc1. The van der Waals surface area contributed by atoms with Crippen LogP contribution in [0.1, 0.15) is 12.0 Å². The van der Waals surface area contributed by atoms with Gasteiger partial charge >= 0.3 is 6.03 Å². The molecule has 2 N–H and O–H groups in total. The summed E-state index contributed by atoms with van der Waals surface area (Å²) in [4.78, 5) is 26.0. The van der Waals surface area contributed by atoms with Crippen LogP contribution in [0, 0.1) is 6.92 Å². The van der Waals surface area contributed by atoms with E-state index in [1.54, 1.807) is 29.2 Å². The molecule has 3 rings (SSSR count). The molecule has 0 bridgehead atoms. The van der Waals surface area contributed by atoms with E-state index in [1.807, 2.05) is 31.2 Å². The highest BCUT2D eigenvalue weighted by molar-refractivity contribution is 6.30. The Kier molecular flexibility index (Phi) is 4.71. The predicted octanol–water partition coefficient (Wildman–Crippen LogP) is 3.58. The molecule has 0 aliphatic carbocycles. The highest BCUT2D eigenvalue weighted by atomic mass is 35.5. The number of nitrogens with one attached hydrogen (secondary N) is 2. The van der Waals surface area contributed by atoms with Crippen LogP contribution in [0.25, 0.3) is 0 Å². The van der Waals surface area contributed by atoms with Crippen molar-refractivity contribution < 1.29 is 9.59 Å². The van der Waals surface area contributed by atoms with Crippen molar-refractivity contribution in [3.63, 3.8) is 0 Å². The number of carbonyl (C=O) groups excluding carboxylic acids is 2. The number of hydrogen-bond acceptors (Lipinski definition) is 2. The van der Waals surface area contributed by atoms with Gasteiger partial charge in [-0.05, 0) is 37.3 Å². The summed E-state index contributed by atoms with van der Waals surface area (Å²) >= 11 is 5.89. The third-order valence-corrected chi connectivity index (χ3v) is 4.12. The minimum Gasteiger partial charge on any atom is -0.333 e. The van der Waals surface area contributed by atoms with Crippen LogP contribution in [0.5, 0.6) is 0 Å². The van der Waals surface area contributed by atoms with Gasteiger partial charge in [0.1, 0.15) is 0 Å². The van der Waals surface area contributed by atoms with Gasteiger partial charge in [0.05, 0.1) is 6.04 Å². The molecule has 1 atom stereocenters. The van der Waals surface area contributed by atoms with Gasteiger partial charge in [-0.15, -0.1) is 0 Å². The van der Waals surface area contributed by atoms with Gasteiger partial charge in [0.15, 0.2) is 0 Å². The van der Waals surface area contributed by atoms with Crippen molar-refractivity contribution >= 4 is 34.9 Å². The minimum absolute atomic E-state index is 0.00640. The van der Waals surface area contributed by atoms with Crippen molar-refractivity contribution in [3.8, 4) is 0 Å². The molecule has 1 heterocycles. The molecule has 0 spiro atoms. The number of halogens is 1. The zero-order valence-electron chi connectivity index (χ0n) is 13.3. The lowest BCUT2D eigenvalue weighted by Gasteiger charge is -2.17. The summed E-state index contributed by atoms with van der Waals surface area (Å²) in [5.74, 6) is 0.00640. The first kappa shape index (κ1) is 16.3. The summed E-state index contributed by atoms with van der Waals surface area (Å²) in [5.41, 5.74) is 2.60. The van der Waals surface area contributed by atoms with Crippen LogP contribution in [-0.4, -0.2) is 24.5 Å². The quantitative estimate of drug-likeness (QED) is 0.894. The molecule has 1 aliphatic rings. The van der Waals surface area contributed by atoms with E-state index in [-0.39, 0.29) is 24.4 Å². The summed E-state index contributed by atoms with van der Waals surface area (Å²) in [5, 5.41) is 6.11. The van der Waals surface area contributed by atoms with Gasteiger partial charge in [0.25, 0.3) is 0 Å². The molecule has 1 aliphatic heterocycles. The molecule has 2 aromatic rings. The number of aryl methyl sites for hydroxylation is 1. The van der Waals surface area contributed by atoms with E-state index >= 15 is 0 Å². The van der Waals surface area contributed by atoms with Gasteiger partial charge < -0.3 is 15.5 Å². The van der Waals surface area contributed by atoms with Crippen LogP contribution in [-0.2, 0) is 4.79 Å². The molecule has 1 fully saturated rings. The number of urea groups is 1. The Bertz CT molecular complexity index is 761. The third kappa shape index (κ3) is 3.86. The molecule has 0 unspecified atom stereocenters. The topological polar surface area (TPSA) is 61.4 Å². The summed E-state index contributed by atoms with van der Waals surface area (Å²) in [6, 6.07) is 14.1. The molecular weight excluding hydrogens is 326 g/mol. The molecule has 0 aromatic heterocycles. The van der Waals surface area contributed by atoms with Gasteiger partial charge in [0.2, 0.25) is 5.91 Å². The number of amides is 3. The van der Waals surface area contributed by atoms with Gasteiger partial charge in [-0.1, -0.05) is 35.4 Å². The molecular formula is C18H18ClN3O2. The second-order valence-corrected chi connectivity index (χ2v) is 6.29. The van der Waals surface area contributed by atoms with Crippen LogP contribution in [0.3, 0.4) is 0 Å². The number of benzene rings is 2. The van der Waals surface area contributed by atoms with Crippen LogP contribution >= 0.6 is 11.6 Å². The van der Waals surface area contributed by atoms with Crippen molar-refractivity contribution in [2.75, 3.05) is 16.8 Å². The Morgan fingerprint density at radius 1 is 1.21 bits per heavy atom. The average Bonchev–Trinajstić information content (AvgIpc) is 2.88. The first-order chi connectivity index (χ1) is 11.5. The van der Waals surface area contributed by atoms with Gasteiger partial charge in [-0.25, -0.2) is 4.79 Å². The Morgan fingerprint density at radius 3 is 2.67 bits per heavy atom. The lowest BCUT2D eigenvalue weighted by molar-refractivity contribution is -0.117. The second-order valence-electron chi connectivity index (χ2n) is 5.85. The van der Waals surface area contributed by atoms with E-state index in [4.69, 9.17) is 11.6 Å². The monoisotopic (exact) mass is 343 g/mol. The molecule has 1 saturated heterocycles. The fraction of sp³-hybridized carbons (Fsp3) is 0.222. The van der Waals surface area contributed by atoms with Crippen LogP contribution in [0.4, 0.5) is 16.2 Å². The molecule has 124 valence electrons. The standard InChI is InChI=1S/C18H18ClN3O2/c1-12-5-7-16(8-6-12)22-11-15(10-17(22)23)21-18(24)20-14-4-2-3-13(19)9-14/h2-9,15H,10-11H2,1H3,(H2,20,21,24)/t15-/m1/s1. The molecule has 6 heteroatoms. The smallest absolute Gasteiger partial charge is 0.319 e. The summed E-state index contributed by atoms with van der Waals surface area (Å²) in [7, 11) is 0. The van der Waals surface area contributed by atoms with Gasteiger partial charge in [0, 0.05) is 29.4 Å². The summed E-state index contributed by atoms with van der Waals surface area (Å²) < 4.78 is 0. The van der Waals surface area contributed by atoms with Crippen molar-refractivity contribution in [2.45, 2.75) is 19.4 Å². The van der Waals surface area contributed by atoms with Gasteiger partial charge in [-0.3, -0.25) is 4.79 Å². The zero-order valence-corrected chi connectivity index (χ0v) is 14.0. The lowest BCUT2D eigenvalue weighted by Crippen LogP contribution is -2.39. The van der Waals surface area contributed by atoms with E-state index in [9.17, 15) is 9.59 Å². The largest absolute Gasteiger partial charge is 0.333 e. The average molecular weight is 344 g/mol. The van der Waals surface area contributed by atoms with E-state index < -0.39 is 0 Å². The first-order valence-electron chi connectivity index (χ1n) is 7.71. The number of carbonyl (C=O) groups is 2. The van der Waals surface area contributed by atoms with Crippen LogP contribution in [0.15, 0.2) is 48.5 Å². The number of hydrogen-bond donors (Lipinski definition) is 2. The molecule has 5 nitrogen and oxygen atoms in total. The first-order valence-corrected chi connectivity index (χ1v) is 8.09. The van der Waals surface area contributed by atoms with Crippen molar-refractivity contribution in [2.24, 2.45) is 0 Å². The molecule has 3 amide bonds. The van der Waals surface area contributed by atoms with E-state index in [2.05, 4.69) is 10.6 Å². The predicted molar refractivity (Wildman–Crippen MR) is 95.5 cm³/mol. The normalized spacial score (nSPS) is 17.0. The Balaban J connectivity index is 1.59. The lowest BCUT2D eigenvalue weighted by atomic mass is 10.2. The van der Waals surface area contributed by atoms with E-state index in [1.165, 1.54) is 0 Å². The van der Waals surface area contributed by atoms with Crippen molar-refractivity contribution in [1.29, 1.82) is 0 Å². The molecule has 0 radical (unpaired) electrons. The molecule has 24 heavy (non-hydrogen) atoms. The maximum atomic E-state index is 12.2. The highest BCUT2D eigenvalue weighted by Crippen LogP contribution is 2.22. The zero-order chi connectivity index (χ0) is 17.1. The Labute approximate surface area is 145 Å². The number of anilines is 2. The van der Waals surface area contributed by atoms with Crippen LogP contribution in [0.2, 0.25) is 5.02 Å². The fourth-order valence-corrected chi connectivity index (χ4v) is 2.89. The fourth-order valence-electron chi connectivity index (χ4n) is 2.70. The maximum absolute atomic E-state index is 12.2. The Hall–Kier alpha value is -2.53. The summed E-state index contributed by atoms with van der Waals surface area (Å²) in [6.45, 7) is 2.46. The van der Waals surface area contributed by atoms with Gasteiger partial charge in [-0.2, -0.15) is 0 Å². The number of rotatable bonds is 3. The van der Waals surface area contributed by atoms with Crippen molar-refractivity contribution in [3.05, 3.63) is 59.1 Å². The Morgan fingerprint density at radius 2 is 1.96 bits per heavy atom. The van der Waals surface area contributed by atoms with E-state index in [0.717, 1.165) is 11.3 Å². The summed E-state index contributed by atoms with van der Waals surface area (Å²) in [6.07, 6.45) is 0.289. The maximum Gasteiger partial charge on any atom is 0.319 e. The molecule has 0 saturated carbocycles.